The molecule has 0 saturated heterocycles. The Morgan fingerprint density at radius 1 is 1.56 bits per heavy atom. The third-order valence-electron chi connectivity index (χ3n) is 2.11. The van der Waals surface area contributed by atoms with Crippen molar-refractivity contribution >= 4 is 49.6 Å². The van der Waals surface area contributed by atoms with E-state index in [1.165, 1.54) is 0 Å². The van der Waals surface area contributed by atoms with Crippen molar-refractivity contribution in [3.05, 3.63) is 49.0 Å². The molecule has 0 aliphatic rings. The predicted octanol–water partition coefficient (Wildman–Crippen LogP) is 4.08. The molecule has 1 N–H and O–H groups in total. The Bertz CT molecular complexity index is 590. The predicted molar refractivity (Wildman–Crippen MR) is 75.2 cm³/mol. The lowest BCUT2D eigenvalue weighted by Gasteiger charge is -2.05. The monoisotopic (exact) mass is 347 g/mol. The summed E-state index contributed by atoms with van der Waals surface area (Å²) in [5, 5.41) is 15.9. The van der Waals surface area contributed by atoms with E-state index in [0.29, 0.717) is 16.2 Å². The van der Waals surface area contributed by atoms with Crippen molar-refractivity contribution in [2.45, 2.75) is 6.54 Å². The number of nitrogens with zero attached hydrogens (tertiary/aromatic N) is 2. The van der Waals surface area contributed by atoms with Crippen LogP contribution in [0.3, 0.4) is 0 Å². The summed E-state index contributed by atoms with van der Waals surface area (Å²) in [5.74, 6) is 0. The average Bonchev–Trinajstić information content (AvgIpc) is 2.79. The molecule has 0 aliphatic heterocycles. The summed E-state index contributed by atoms with van der Waals surface area (Å²) in [4.78, 5) is 14.1. The van der Waals surface area contributed by atoms with Crippen LogP contribution in [0.5, 0.6) is 0 Å². The highest BCUT2D eigenvalue weighted by atomic mass is 79.9. The second-order valence-corrected chi connectivity index (χ2v) is 5.50. The number of hydrogen-bond donors (Lipinski definition) is 1. The highest BCUT2D eigenvalue weighted by molar-refractivity contribution is 9.10. The smallest absolute Gasteiger partial charge is 0.324 e. The molecule has 0 bridgehead atoms. The van der Waals surface area contributed by atoms with Crippen LogP contribution in [0.1, 0.15) is 5.56 Å². The first-order valence-corrected chi connectivity index (χ1v) is 6.88. The lowest BCUT2D eigenvalue weighted by molar-refractivity contribution is -0.380. The number of thiophene rings is 1. The minimum atomic E-state index is -0.394. The number of rotatable bonds is 4. The molecular formula is C10H7BrClN3O2S. The number of nitro groups is 1. The third-order valence-corrected chi connectivity index (χ3v) is 4.18. The number of nitrogens with one attached hydrogen (secondary N) is 1. The first kappa shape index (κ1) is 13.3. The van der Waals surface area contributed by atoms with Crippen LogP contribution >= 0.6 is 38.9 Å². The van der Waals surface area contributed by atoms with Crippen LogP contribution in [0.15, 0.2) is 28.2 Å². The van der Waals surface area contributed by atoms with Crippen LogP contribution in [0.4, 0.5) is 10.7 Å². The molecule has 0 unspecified atom stereocenters. The van der Waals surface area contributed by atoms with Crippen LogP contribution < -0.4 is 5.32 Å². The highest BCUT2D eigenvalue weighted by Crippen LogP contribution is 2.25. The van der Waals surface area contributed by atoms with Gasteiger partial charge in [0.2, 0.25) is 0 Å². The van der Waals surface area contributed by atoms with Gasteiger partial charge in [0.1, 0.15) is 5.15 Å². The van der Waals surface area contributed by atoms with Crippen LogP contribution in [0, 0.1) is 10.1 Å². The van der Waals surface area contributed by atoms with Crippen molar-refractivity contribution in [3.63, 3.8) is 0 Å². The van der Waals surface area contributed by atoms with Crippen LogP contribution in [0.2, 0.25) is 5.15 Å². The SMILES string of the molecule is O=[N+]([O-])c1cc(CNc2cnc(Cl)c(Br)c2)cs1. The molecule has 2 aromatic rings. The largest absolute Gasteiger partial charge is 0.380 e. The molecule has 0 fully saturated rings. The molecule has 5 nitrogen and oxygen atoms in total. The molecule has 0 aromatic carbocycles. The quantitative estimate of drug-likeness (QED) is 0.513. The van der Waals surface area contributed by atoms with E-state index in [4.69, 9.17) is 11.6 Å². The van der Waals surface area contributed by atoms with E-state index in [1.54, 1.807) is 23.7 Å². The van der Waals surface area contributed by atoms with Gasteiger partial charge in [0.25, 0.3) is 0 Å². The lowest BCUT2D eigenvalue weighted by atomic mass is 10.3. The Hall–Kier alpha value is -1.18. The summed E-state index contributed by atoms with van der Waals surface area (Å²) in [6, 6.07) is 3.35. The Labute approximate surface area is 120 Å². The van der Waals surface area contributed by atoms with Gasteiger partial charge in [-0.1, -0.05) is 22.9 Å². The summed E-state index contributed by atoms with van der Waals surface area (Å²) < 4.78 is 0.700. The molecule has 94 valence electrons. The van der Waals surface area contributed by atoms with Gasteiger partial charge >= 0.3 is 5.00 Å². The van der Waals surface area contributed by atoms with E-state index < -0.39 is 4.92 Å². The van der Waals surface area contributed by atoms with E-state index in [0.717, 1.165) is 22.6 Å². The molecule has 0 saturated carbocycles. The van der Waals surface area contributed by atoms with Gasteiger partial charge in [-0.15, -0.1) is 0 Å². The van der Waals surface area contributed by atoms with Gasteiger partial charge in [0.05, 0.1) is 21.3 Å². The highest BCUT2D eigenvalue weighted by Gasteiger charge is 2.09. The number of pyridine rings is 1. The van der Waals surface area contributed by atoms with Crippen LogP contribution in [-0.2, 0) is 6.54 Å². The van der Waals surface area contributed by atoms with Gasteiger partial charge in [-0.25, -0.2) is 4.98 Å². The van der Waals surface area contributed by atoms with Crippen molar-refractivity contribution in [3.8, 4) is 0 Å². The second-order valence-electron chi connectivity index (χ2n) is 3.40. The second kappa shape index (κ2) is 5.64. The fraction of sp³-hybridized carbons (Fsp3) is 0.100. The minimum absolute atomic E-state index is 0.141. The lowest BCUT2D eigenvalue weighted by Crippen LogP contribution is -1.98. The Morgan fingerprint density at radius 2 is 2.33 bits per heavy atom. The van der Waals surface area contributed by atoms with E-state index in [-0.39, 0.29) is 5.00 Å². The number of anilines is 1. The summed E-state index contributed by atoms with van der Waals surface area (Å²) in [5.41, 5.74) is 1.65. The Kier molecular flexibility index (Phi) is 4.15. The Balaban J connectivity index is 2.02. The molecule has 0 aliphatic carbocycles. The van der Waals surface area contributed by atoms with E-state index in [2.05, 4.69) is 26.2 Å². The zero-order valence-corrected chi connectivity index (χ0v) is 12.1. The van der Waals surface area contributed by atoms with Gasteiger partial charge in [0.15, 0.2) is 0 Å². The number of aromatic nitrogens is 1. The van der Waals surface area contributed by atoms with Crippen molar-refractivity contribution in [1.82, 2.24) is 4.98 Å². The molecule has 8 heteroatoms. The van der Waals surface area contributed by atoms with Crippen molar-refractivity contribution < 1.29 is 4.92 Å². The van der Waals surface area contributed by atoms with Crippen molar-refractivity contribution in [2.24, 2.45) is 0 Å². The molecule has 0 amide bonds. The molecule has 2 aromatic heterocycles. The average molecular weight is 349 g/mol. The fourth-order valence-electron chi connectivity index (χ4n) is 1.27. The van der Waals surface area contributed by atoms with Crippen LogP contribution in [0.25, 0.3) is 0 Å². The summed E-state index contributed by atoms with van der Waals surface area (Å²) >= 11 is 10.2. The molecule has 0 spiro atoms. The normalized spacial score (nSPS) is 10.3. The van der Waals surface area contributed by atoms with Gasteiger partial charge in [-0.05, 0) is 27.6 Å². The molecule has 0 atom stereocenters. The van der Waals surface area contributed by atoms with E-state index in [1.807, 2.05) is 0 Å². The van der Waals surface area contributed by atoms with Crippen molar-refractivity contribution in [1.29, 1.82) is 0 Å². The maximum absolute atomic E-state index is 10.5. The van der Waals surface area contributed by atoms with Gasteiger partial charge in [0, 0.05) is 18.0 Å². The Morgan fingerprint density at radius 3 is 2.94 bits per heavy atom. The maximum Gasteiger partial charge on any atom is 0.324 e. The molecule has 0 radical (unpaired) electrons. The van der Waals surface area contributed by atoms with Crippen LogP contribution in [-0.4, -0.2) is 9.91 Å². The maximum atomic E-state index is 10.5. The van der Waals surface area contributed by atoms with Gasteiger partial charge in [-0.3, -0.25) is 10.1 Å². The summed E-state index contributed by atoms with van der Waals surface area (Å²) in [7, 11) is 0. The first-order valence-electron chi connectivity index (χ1n) is 4.83. The van der Waals surface area contributed by atoms with Gasteiger partial charge < -0.3 is 5.32 Å². The summed E-state index contributed by atoms with van der Waals surface area (Å²) in [6.45, 7) is 0.500. The van der Waals surface area contributed by atoms with Crippen molar-refractivity contribution in [2.75, 3.05) is 5.32 Å². The third kappa shape index (κ3) is 3.18. The van der Waals surface area contributed by atoms with E-state index in [9.17, 15) is 10.1 Å². The molecule has 2 heterocycles. The zero-order valence-electron chi connectivity index (χ0n) is 8.89. The zero-order chi connectivity index (χ0) is 13.1. The standard InChI is InChI=1S/C10H7BrClN3O2S/c11-8-2-7(4-14-10(8)12)13-3-6-1-9(15(16)17)18-5-6/h1-2,4-5,13H,3H2. The number of halogens is 2. The van der Waals surface area contributed by atoms with Gasteiger partial charge in [-0.2, -0.15) is 0 Å². The minimum Gasteiger partial charge on any atom is -0.380 e. The molecule has 18 heavy (non-hydrogen) atoms. The molecule has 2 rings (SSSR count). The molecular weight excluding hydrogens is 342 g/mol. The number of hydrogen-bond acceptors (Lipinski definition) is 5. The van der Waals surface area contributed by atoms with E-state index >= 15 is 0 Å². The fourth-order valence-corrected chi connectivity index (χ4v) is 2.45. The topological polar surface area (TPSA) is 68.1 Å². The first-order chi connectivity index (χ1) is 8.56. The summed E-state index contributed by atoms with van der Waals surface area (Å²) in [6.07, 6.45) is 1.61.